The average Bonchev–Trinajstić information content (AvgIpc) is 2.76. The molecule has 4 heteroatoms. The fourth-order valence-electron chi connectivity index (χ4n) is 2.26. The summed E-state index contributed by atoms with van der Waals surface area (Å²) in [5, 5.41) is 15.8. The van der Waals surface area contributed by atoms with Crippen molar-refractivity contribution in [3.8, 4) is 0 Å². The molecule has 1 heterocycles. The predicted molar refractivity (Wildman–Crippen MR) is 56.3 cm³/mol. The number of hydrogen-bond donors (Lipinski definition) is 3. The molecule has 0 amide bonds. The Balaban J connectivity index is 1.85. The molecule has 14 heavy (non-hydrogen) atoms. The lowest BCUT2D eigenvalue weighted by molar-refractivity contribution is 0.212. The van der Waals surface area contributed by atoms with Gasteiger partial charge in [-0.15, -0.1) is 0 Å². The molecule has 3 atom stereocenters. The summed E-state index contributed by atoms with van der Waals surface area (Å²) < 4.78 is 0. The molecule has 4 nitrogen and oxygen atoms in total. The number of nitrogens with zero attached hydrogens (tertiary/aromatic N) is 1. The van der Waals surface area contributed by atoms with Gasteiger partial charge < -0.3 is 15.7 Å². The molecule has 0 aromatic carbocycles. The highest BCUT2D eigenvalue weighted by Crippen LogP contribution is 2.24. The van der Waals surface area contributed by atoms with E-state index in [1.54, 1.807) is 0 Å². The summed E-state index contributed by atoms with van der Waals surface area (Å²) in [5.41, 5.74) is 0. The lowest BCUT2D eigenvalue weighted by Crippen LogP contribution is -2.45. The molecule has 0 saturated heterocycles. The maximum atomic E-state index is 9.16. The quantitative estimate of drug-likeness (QED) is 0.588. The SMILES string of the molecule is CC1CN=C(N[C@@H]2CCC[C@@H]2CO)N1. The fourth-order valence-corrected chi connectivity index (χ4v) is 2.26. The van der Waals surface area contributed by atoms with Crippen molar-refractivity contribution in [2.24, 2.45) is 10.9 Å². The molecule has 1 unspecified atom stereocenters. The second-order valence-electron chi connectivity index (χ2n) is 4.36. The topological polar surface area (TPSA) is 56.7 Å². The number of aliphatic imine (C=N–C) groups is 1. The van der Waals surface area contributed by atoms with Gasteiger partial charge in [-0.1, -0.05) is 6.42 Å². The van der Waals surface area contributed by atoms with E-state index < -0.39 is 0 Å². The average molecular weight is 197 g/mol. The van der Waals surface area contributed by atoms with Crippen molar-refractivity contribution in [1.29, 1.82) is 0 Å². The minimum absolute atomic E-state index is 0.292. The highest BCUT2D eigenvalue weighted by molar-refractivity contribution is 5.82. The maximum absolute atomic E-state index is 9.16. The van der Waals surface area contributed by atoms with E-state index in [0.29, 0.717) is 24.6 Å². The van der Waals surface area contributed by atoms with Gasteiger partial charge >= 0.3 is 0 Å². The van der Waals surface area contributed by atoms with Gasteiger partial charge in [-0.3, -0.25) is 4.99 Å². The van der Waals surface area contributed by atoms with E-state index in [-0.39, 0.29) is 0 Å². The number of rotatable bonds is 2. The van der Waals surface area contributed by atoms with Crippen LogP contribution in [-0.4, -0.2) is 36.3 Å². The smallest absolute Gasteiger partial charge is 0.191 e. The van der Waals surface area contributed by atoms with Crippen LogP contribution in [0.1, 0.15) is 26.2 Å². The van der Waals surface area contributed by atoms with Gasteiger partial charge in [-0.2, -0.15) is 0 Å². The van der Waals surface area contributed by atoms with Crippen molar-refractivity contribution in [3.63, 3.8) is 0 Å². The Hall–Kier alpha value is -0.770. The van der Waals surface area contributed by atoms with Crippen LogP contribution in [-0.2, 0) is 0 Å². The second-order valence-corrected chi connectivity index (χ2v) is 4.36. The van der Waals surface area contributed by atoms with Crippen molar-refractivity contribution in [2.75, 3.05) is 13.2 Å². The minimum atomic E-state index is 0.292. The van der Waals surface area contributed by atoms with Crippen molar-refractivity contribution < 1.29 is 5.11 Å². The van der Waals surface area contributed by atoms with Crippen molar-refractivity contribution in [3.05, 3.63) is 0 Å². The van der Waals surface area contributed by atoms with Crippen LogP contribution in [0.4, 0.5) is 0 Å². The van der Waals surface area contributed by atoms with Gasteiger partial charge in [0.05, 0.1) is 6.54 Å². The van der Waals surface area contributed by atoms with Gasteiger partial charge in [0.25, 0.3) is 0 Å². The van der Waals surface area contributed by atoms with Crippen LogP contribution in [0.15, 0.2) is 4.99 Å². The van der Waals surface area contributed by atoms with Gasteiger partial charge in [0, 0.05) is 24.6 Å². The highest BCUT2D eigenvalue weighted by atomic mass is 16.3. The molecule has 0 aromatic rings. The van der Waals surface area contributed by atoms with E-state index in [9.17, 15) is 0 Å². The molecule has 1 aliphatic heterocycles. The monoisotopic (exact) mass is 197 g/mol. The Labute approximate surface area is 84.8 Å². The molecule has 1 aliphatic carbocycles. The van der Waals surface area contributed by atoms with E-state index in [1.807, 2.05) is 0 Å². The molecule has 80 valence electrons. The molecule has 0 aromatic heterocycles. The van der Waals surface area contributed by atoms with Gasteiger partial charge in [0.15, 0.2) is 5.96 Å². The van der Waals surface area contributed by atoms with Gasteiger partial charge in [-0.25, -0.2) is 0 Å². The molecule has 2 aliphatic rings. The Kier molecular flexibility index (Phi) is 2.91. The lowest BCUT2D eigenvalue weighted by Gasteiger charge is -2.20. The first-order chi connectivity index (χ1) is 6.79. The first kappa shape index (κ1) is 9.77. The van der Waals surface area contributed by atoms with Crippen molar-refractivity contribution in [1.82, 2.24) is 10.6 Å². The summed E-state index contributed by atoms with van der Waals surface area (Å²) in [7, 11) is 0. The number of aliphatic hydroxyl groups excluding tert-OH is 1. The zero-order chi connectivity index (χ0) is 9.97. The van der Waals surface area contributed by atoms with Crippen LogP contribution < -0.4 is 10.6 Å². The number of nitrogens with one attached hydrogen (secondary N) is 2. The van der Waals surface area contributed by atoms with E-state index in [0.717, 1.165) is 25.3 Å². The van der Waals surface area contributed by atoms with Gasteiger partial charge in [0.2, 0.25) is 0 Å². The Morgan fingerprint density at radius 3 is 3.07 bits per heavy atom. The molecule has 3 N–H and O–H groups in total. The van der Waals surface area contributed by atoms with Crippen molar-refractivity contribution >= 4 is 5.96 Å². The minimum Gasteiger partial charge on any atom is -0.396 e. The normalized spacial score (nSPS) is 36.7. The first-order valence-corrected chi connectivity index (χ1v) is 5.48. The van der Waals surface area contributed by atoms with Crippen LogP contribution in [0.3, 0.4) is 0 Å². The first-order valence-electron chi connectivity index (χ1n) is 5.48. The summed E-state index contributed by atoms with van der Waals surface area (Å²) in [6.07, 6.45) is 3.50. The molecule has 2 rings (SSSR count). The number of guanidine groups is 1. The van der Waals surface area contributed by atoms with E-state index >= 15 is 0 Å². The van der Waals surface area contributed by atoms with E-state index in [4.69, 9.17) is 5.11 Å². The second kappa shape index (κ2) is 4.17. The third kappa shape index (κ3) is 2.00. The zero-order valence-electron chi connectivity index (χ0n) is 8.66. The third-order valence-electron chi connectivity index (χ3n) is 3.12. The Morgan fingerprint density at radius 1 is 1.57 bits per heavy atom. The third-order valence-corrected chi connectivity index (χ3v) is 3.12. The van der Waals surface area contributed by atoms with Crippen LogP contribution in [0.25, 0.3) is 0 Å². The van der Waals surface area contributed by atoms with E-state index in [2.05, 4.69) is 22.5 Å². The Morgan fingerprint density at radius 2 is 2.43 bits per heavy atom. The highest BCUT2D eigenvalue weighted by Gasteiger charge is 2.28. The van der Waals surface area contributed by atoms with Crippen LogP contribution in [0.5, 0.6) is 0 Å². The summed E-state index contributed by atoms with van der Waals surface area (Å²) in [4.78, 5) is 4.36. The number of aliphatic hydroxyl groups is 1. The van der Waals surface area contributed by atoms with Gasteiger partial charge in [0.1, 0.15) is 0 Å². The van der Waals surface area contributed by atoms with Crippen LogP contribution >= 0.6 is 0 Å². The van der Waals surface area contributed by atoms with E-state index in [1.165, 1.54) is 6.42 Å². The van der Waals surface area contributed by atoms with Gasteiger partial charge in [-0.05, 0) is 19.8 Å². The zero-order valence-corrected chi connectivity index (χ0v) is 8.66. The molecule has 0 spiro atoms. The largest absolute Gasteiger partial charge is 0.396 e. The summed E-state index contributed by atoms with van der Waals surface area (Å²) in [5.74, 6) is 1.33. The molecule has 0 radical (unpaired) electrons. The molecular weight excluding hydrogens is 178 g/mol. The summed E-state index contributed by atoms with van der Waals surface area (Å²) in [6, 6.07) is 0.864. The number of hydrogen-bond acceptors (Lipinski definition) is 4. The molecule has 1 fully saturated rings. The predicted octanol–water partition coefficient (Wildman–Crippen LogP) is 0.0847. The van der Waals surface area contributed by atoms with Crippen LogP contribution in [0, 0.1) is 5.92 Å². The molecule has 0 bridgehead atoms. The van der Waals surface area contributed by atoms with Crippen molar-refractivity contribution in [2.45, 2.75) is 38.3 Å². The summed E-state index contributed by atoms with van der Waals surface area (Å²) in [6.45, 7) is 3.27. The van der Waals surface area contributed by atoms with Crippen LogP contribution in [0.2, 0.25) is 0 Å². The maximum Gasteiger partial charge on any atom is 0.191 e. The Bertz CT molecular complexity index is 229. The standard InChI is InChI=1S/C10H19N3O/c1-7-5-11-10(12-7)13-9-4-2-3-8(9)6-14/h7-9,14H,2-6H2,1H3,(H2,11,12,13)/t7?,8-,9-/m1/s1. The molecular formula is C10H19N3O. The fraction of sp³-hybridized carbons (Fsp3) is 0.900. The summed E-state index contributed by atoms with van der Waals surface area (Å²) >= 11 is 0. The lowest BCUT2D eigenvalue weighted by atomic mass is 10.1. The molecule has 1 saturated carbocycles.